The van der Waals surface area contributed by atoms with Crippen LogP contribution in [0.15, 0.2) is 17.6 Å². The van der Waals surface area contributed by atoms with E-state index in [4.69, 9.17) is 4.74 Å². The summed E-state index contributed by atoms with van der Waals surface area (Å²) in [7, 11) is 0. The lowest BCUT2D eigenvalue weighted by Gasteiger charge is -2.18. The molecule has 8 heteroatoms. The number of anilines is 2. The SMILES string of the molecule is CCCCC(Nc1nccc(N2CCOC2=O)n1)c1nc(C)cs1. The maximum absolute atomic E-state index is 11.7. The second-order valence-electron chi connectivity index (χ2n) is 5.67. The number of carbonyl (C=O) groups is 1. The Bertz CT molecular complexity index is 705. The molecule has 0 aliphatic carbocycles. The summed E-state index contributed by atoms with van der Waals surface area (Å²) in [6.07, 6.45) is 4.46. The molecule has 7 nitrogen and oxygen atoms in total. The number of hydrogen-bond acceptors (Lipinski definition) is 7. The number of aryl methyl sites for hydroxylation is 1. The molecule has 3 heterocycles. The number of aromatic nitrogens is 3. The number of cyclic esters (lactones) is 1. The van der Waals surface area contributed by atoms with E-state index in [0.717, 1.165) is 30.0 Å². The second-order valence-corrected chi connectivity index (χ2v) is 6.56. The predicted octanol–water partition coefficient (Wildman–Crippen LogP) is 3.54. The molecule has 0 aromatic carbocycles. The third kappa shape index (κ3) is 3.81. The van der Waals surface area contributed by atoms with Crippen molar-refractivity contribution < 1.29 is 9.53 Å². The molecule has 24 heavy (non-hydrogen) atoms. The van der Waals surface area contributed by atoms with Crippen molar-refractivity contribution in [1.82, 2.24) is 15.0 Å². The number of unbranched alkanes of at least 4 members (excludes halogenated alkanes) is 1. The van der Waals surface area contributed by atoms with Gasteiger partial charge in [0.05, 0.1) is 12.6 Å². The highest BCUT2D eigenvalue weighted by molar-refractivity contribution is 7.09. The van der Waals surface area contributed by atoms with Gasteiger partial charge < -0.3 is 10.1 Å². The highest BCUT2D eigenvalue weighted by atomic mass is 32.1. The van der Waals surface area contributed by atoms with Crippen LogP contribution in [0.2, 0.25) is 0 Å². The first-order valence-electron chi connectivity index (χ1n) is 8.13. The smallest absolute Gasteiger partial charge is 0.415 e. The van der Waals surface area contributed by atoms with Gasteiger partial charge in [0, 0.05) is 17.3 Å². The van der Waals surface area contributed by atoms with Gasteiger partial charge in [0.25, 0.3) is 0 Å². The molecule has 2 aromatic heterocycles. The van der Waals surface area contributed by atoms with Gasteiger partial charge in [0.15, 0.2) is 0 Å². The van der Waals surface area contributed by atoms with Gasteiger partial charge in [-0.15, -0.1) is 11.3 Å². The summed E-state index contributed by atoms with van der Waals surface area (Å²) in [4.78, 5) is 26.5. The van der Waals surface area contributed by atoms with E-state index in [-0.39, 0.29) is 12.1 Å². The van der Waals surface area contributed by atoms with Crippen LogP contribution >= 0.6 is 11.3 Å². The molecule has 1 aliphatic heterocycles. The number of carbonyl (C=O) groups excluding carboxylic acids is 1. The summed E-state index contributed by atoms with van der Waals surface area (Å²) in [5.41, 5.74) is 1.02. The quantitative estimate of drug-likeness (QED) is 0.825. The molecule has 1 saturated heterocycles. The average Bonchev–Trinajstić information content (AvgIpc) is 3.20. The van der Waals surface area contributed by atoms with Crippen LogP contribution in [0.4, 0.5) is 16.6 Å². The zero-order valence-electron chi connectivity index (χ0n) is 13.9. The average molecular weight is 347 g/mol. The van der Waals surface area contributed by atoms with E-state index in [1.54, 1.807) is 23.6 Å². The van der Waals surface area contributed by atoms with Crippen LogP contribution in [0.1, 0.15) is 42.9 Å². The molecule has 1 amide bonds. The van der Waals surface area contributed by atoms with Crippen molar-refractivity contribution >= 4 is 29.2 Å². The van der Waals surface area contributed by atoms with Gasteiger partial charge in [-0.3, -0.25) is 4.90 Å². The fraction of sp³-hybridized carbons (Fsp3) is 0.500. The molecule has 3 rings (SSSR count). The highest BCUT2D eigenvalue weighted by Crippen LogP contribution is 2.27. The van der Waals surface area contributed by atoms with Crippen molar-refractivity contribution in [2.75, 3.05) is 23.4 Å². The third-order valence-corrected chi connectivity index (χ3v) is 4.84. The van der Waals surface area contributed by atoms with E-state index in [0.29, 0.717) is 24.9 Å². The van der Waals surface area contributed by atoms with Gasteiger partial charge in [-0.2, -0.15) is 4.98 Å². The standard InChI is InChI=1S/C16H21N5O2S/c1-3-4-5-12(14-18-11(2)10-24-14)19-15-17-7-6-13(20-15)21-8-9-23-16(21)22/h6-7,10,12H,3-5,8-9H2,1-2H3,(H,17,19,20). The molecule has 1 aliphatic rings. The van der Waals surface area contributed by atoms with Crippen LogP contribution in [-0.4, -0.2) is 34.2 Å². The summed E-state index contributed by atoms with van der Waals surface area (Å²) in [6.45, 7) is 5.07. The number of nitrogens with zero attached hydrogens (tertiary/aromatic N) is 4. The Labute approximate surface area is 145 Å². The van der Waals surface area contributed by atoms with Gasteiger partial charge in [-0.05, 0) is 19.4 Å². The fourth-order valence-corrected chi connectivity index (χ4v) is 3.41. The van der Waals surface area contributed by atoms with Gasteiger partial charge in [0.2, 0.25) is 5.95 Å². The summed E-state index contributed by atoms with van der Waals surface area (Å²) in [5.74, 6) is 1.06. The number of rotatable bonds is 7. The molecule has 1 atom stereocenters. The van der Waals surface area contributed by atoms with Crippen LogP contribution in [0.5, 0.6) is 0 Å². The topological polar surface area (TPSA) is 80.2 Å². The largest absolute Gasteiger partial charge is 0.447 e. The van der Waals surface area contributed by atoms with E-state index < -0.39 is 0 Å². The Balaban J connectivity index is 1.77. The first kappa shape index (κ1) is 16.6. The maximum Gasteiger partial charge on any atom is 0.415 e. The normalized spacial score (nSPS) is 15.4. The minimum atomic E-state index is -0.363. The Morgan fingerprint density at radius 2 is 2.33 bits per heavy atom. The molecule has 0 radical (unpaired) electrons. The van der Waals surface area contributed by atoms with Crippen LogP contribution < -0.4 is 10.2 Å². The third-order valence-electron chi connectivity index (χ3n) is 3.76. The zero-order chi connectivity index (χ0) is 16.9. The predicted molar refractivity (Wildman–Crippen MR) is 93.5 cm³/mol. The Kier molecular flexibility index (Phi) is 5.24. The molecule has 2 aromatic rings. The van der Waals surface area contributed by atoms with Crippen molar-refractivity contribution in [2.45, 2.75) is 39.2 Å². The van der Waals surface area contributed by atoms with Crippen molar-refractivity contribution in [3.63, 3.8) is 0 Å². The minimum Gasteiger partial charge on any atom is -0.447 e. The highest BCUT2D eigenvalue weighted by Gasteiger charge is 2.25. The van der Waals surface area contributed by atoms with E-state index >= 15 is 0 Å². The summed E-state index contributed by atoms with van der Waals surface area (Å²) in [6, 6.07) is 1.79. The zero-order valence-corrected chi connectivity index (χ0v) is 14.7. The van der Waals surface area contributed by atoms with E-state index in [1.165, 1.54) is 4.90 Å². The number of ether oxygens (including phenoxy) is 1. The van der Waals surface area contributed by atoms with Crippen LogP contribution in [-0.2, 0) is 4.74 Å². The monoisotopic (exact) mass is 347 g/mol. The van der Waals surface area contributed by atoms with Crippen molar-refractivity contribution in [1.29, 1.82) is 0 Å². The van der Waals surface area contributed by atoms with Crippen molar-refractivity contribution in [3.8, 4) is 0 Å². The molecule has 0 bridgehead atoms. The summed E-state index contributed by atoms with van der Waals surface area (Å²) in [5, 5.41) is 6.46. The fourth-order valence-electron chi connectivity index (χ4n) is 2.52. The number of amides is 1. The molecular formula is C16H21N5O2S. The van der Waals surface area contributed by atoms with E-state index in [9.17, 15) is 4.79 Å². The molecule has 1 N–H and O–H groups in total. The first-order valence-corrected chi connectivity index (χ1v) is 9.01. The number of hydrogen-bond donors (Lipinski definition) is 1. The van der Waals surface area contributed by atoms with Gasteiger partial charge in [-0.25, -0.2) is 14.8 Å². The van der Waals surface area contributed by atoms with Gasteiger partial charge in [-0.1, -0.05) is 19.8 Å². The Morgan fingerprint density at radius 3 is 3.00 bits per heavy atom. The lowest BCUT2D eigenvalue weighted by Crippen LogP contribution is -2.25. The number of nitrogens with one attached hydrogen (secondary N) is 1. The Morgan fingerprint density at radius 1 is 1.46 bits per heavy atom. The van der Waals surface area contributed by atoms with Gasteiger partial charge >= 0.3 is 6.09 Å². The molecule has 1 unspecified atom stereocenters. The van der Waals surface area contributed by atoms with E-state index in [2.05, 4.69) is 27.2 Å². The Hall–Kier alpha value is -2.22. The summed E-state index contributed by atoms with van der Waals surface area (Å²) >= 11 is 1.64. The molecular weight excluding hydrogens is 326 g/mol. The van der Waals surface area contributed by atoms with E-state index in [1.807, 2.05) is 12.3 Å². The maximum atomic E-state index is 11.7. The molecule has 0 saturated carbocycles. The van der Waals surface area contributed by atoms with Crippen molar-refractivity contribution in [3.05, 3.63) is 28.3 Å². The van der Waals surface area contributed by atoms with Crippen LogP contribution in [0, 0.1) is 6.92 Å². The second kappa shape index (κ2) is 7.57. The minimum absolute atomic E-state index is 0.0735. The molecule has 1 fully saturated rings. The van der Waals surface area contributed by atoms with Crippen LogP contribution in [0.25, 0.3) is 0 Å². The van der Waals surface area contributed by atoms with Crippen molar-refractivity contribution in [2.24, 2.45) is 0 Å². The first-order chi connectivity index (χ1) is 11.7. The summed E-state index contributed by atoms with van der Waals surface area (Å²) < 4.78 is 4.96. The lowest BCUT2D eigenvalue weighted by atomic mass is 10.1. The van der Waals surface area contributed by atoms with Crippen LogP contribution in [0.3, 0.4) is 0 Å². The number of thiazole rings is 1. The van der Waals surface area contributed by atoms with Gasteiger partial charge in [0.1, 0.15) is 17.4 Å². The molecule has 0 spiro atoms. The molecule has 128 valence electrons. The lowest BCUT2D eigenvalue weighted by molar-refractivity contribution is 0.181.